The summed E-state index contributed by atoms with van der Waals surface area (Å²) in [6, 6.07) is 4.39. The lowest BCUT2D eigenvalue weighted by molar-refractivity contribution is 0.0143. The molecule has 9 heteroatoms. The zero-order valence-corrected chi connectivity index (χ0v) is 17.7. The summed E-state index contributed by atoms with van der Waals surface area (Å²) in [6.45, 7) is 7.92. The number of halogens is 2. The number of nitrogens with zero attached hydrogens (tertiary/aromatic N) is 2. The second-order valence-electron chi connectivity index (χ2n) is 7.38. The topological polar surface area (TPSA) is 66.9 Å². The average molecular weight is 423 g/mol. The van der Waals surface area contributed by atoms with E-state index in [1.165, 1.54) is 9.21 Å². The van der Waals surface area contributed by atoms with E-state index in [1.54, 1.807) is 45.9 Å². The van der Waals surface area contributed by atoms with Crippen molar-refractivity contribution in [1.82, 2.24) is 9.21 Å². The molecule has 26 heavy (non-hydrogen) atoms. The molecule has 146 valence electrons. The normalized spacial score (nSPS) is 19.5. The summed E-state index contributed by atoms with van der Waals surface area (Å²) < 4.78 is 32.4. The van der Waals surface area contributed by atoms with Gasteiger partial charge in [0.2, 0.25) is 10.0 Å². The van der Waals surface area contributed by atoms with Crippen LogP contribution in [0.1, 0.15) is 33.3 Å². The van der Waals surface area contributed by atoms with E-state index < -0.39 is 21.7 Å². The number of carbonyl (C=O) groups excluding carboxylic acids is 1. The number of benzene rings is 1. The average Bonchev–Trinajstić information content (AvgIpc) is 2.48. The Bertz CT molecular complexity index is 777. The molecule has 1 heterocycles. The third kappa shape index (κ3) is 5.49. The summed E-state index contributed by atoms with van der Waals surface area (Å²) in [6.07, 6.45) is -0.431. The molecule has 6 nitrogen and oxygen atoms in total. The number of hydrogen-bond donors (Lipinski definition) is 0. The maximum atomic E-state index is 12.8. The van der Waals surface area contributed by atoms with Gasteiger partial charge in [0.05, 0.1) is 5.75 Å². The Kier molecular flexibility index (Phi) is 6.48. The monoisotopic (exact) mass is 422 g/mol. The predicted octanol–water partition coefficient (Wildman–Crippen LogP) is 3.76. The van der Waals surface area contributed by atoms with Gasteiger partial charge in [-0.2, -0.15) is 4.31 Å². The van der Waals surface area contributed by atoms with Crippen molar-refractivity contribution in [3.05, 3.63) is 33.8 Å². The van der Waals surface area contributed by atoms with Crippen LogP contribution in [0.25, 0.3) is 0 Å². The third-order valence-corrected chi connectivity index (χ3v) is 6.46. The largest absolute Gasteiger partial charge is 0.444 e. The zero-order chi connectivity index (χ0) is 19.7. The van der Waals surface area contributed by atoms with Crippen LogP contribution in [-0.2, 0) is 20.5 Å². The van der Waals surface area contributed by atoms with Crippen LogP contribution in [0.4, 0.5) is 4.79 Å². The minimum atomic E-state index is -3.60. The molecule has 1 aromatic carbocycles. The summed E-state index contributed by atoms with van der Waals surface area (Å²) >= 11 is 12.0. The van der Waals surface area contributed by atoms with Gasteiger partial charge < -0.3 is 9.64 Å². The first-order valence-corrected chi connectivity index (χ1v) is 10.7. The molecule has 1 unspecified atom stereocenters. The summed E-state index contributed by atoms with van der Waals surface area (Å²) in [7, 11) is -3.60. The third-order valence-electron chi connectivity index (χ3n) is 3.92. The van der Waals surface area contributed by atoms with Crippen molar-refractivity contribution < 1.29 is 17.9 Å². The van der Waals surface area contributed by atoms with Crippen molar-refractivity contribution in [1.29, 1.82) is 0 Å². The lowest BCUT2D eigenvalue weighted by Gasteiger charge is -2.39. The number of sulfonamides is 1. The molecule has 1 amide bonds. The number of ether oxygens (including phenoxy) is 1. The molecule has 0 bridgehead atoms. The summed E-state index contributed by atoms with van der Waals surface area (Å²) in [5, 5.41) is 0.792. The predicted molar refractivity (Wildman–Crippen MR) is 103 cm³/mol. The molecule has 0 aromatic heterocycles. The van der Waals surface area contributed by atoms with Gasteiger partial charge in [-0.15, -0.1) is 0 Å². The highest BCUT2D eigenvalue weighted by Gasteiger charge is 2.35. The van der Waals surface area contributed by atoms with Crippen LogP contribution in [-0.4, -0.2) is 55.0 Å². The van der Waals surface area contributed by atoms with Gasteiger partial charge in [-0.05, 0) is 51.5 Å². The Labute approximate surface area is 165 Å². The SMILES string of the molecule is CC1CN(C(=O)OC(C)(C)C)CCN1S(=O)(=O)Cc1cc(Cl)ccc1Cl. The van der Waals surface area contributed by atoms with Crippen molar-refractivity contribution in [2.24, 2.45) is 0 Å². The molecule has 1 fully saturated rings. The first kappa shape index (κ1) is 21.3. The molecule has 1 aromatic rings. The van der Waals surface area contributed by atoms with Gasteiger partial charge in [-0.25, -0.2) is 13.2 Å². The highest BCUT2D eigenvalue weighted by Crippen LogP contribution is 2.25. The van der Waals surface area contributed by atoms with Crippen LogP contribution in [0.3, 0.4) is 0 Å². The number of amides is 1. The number of rotatable bonds is 3. The highest BCUT2D eigenvalue weighted by molar-refractivity contribution is 7.88. The Morgan fingerprint density at radius 3 is 2.50 bits per heavy atom. The van der Waals surface area contributed by atoms with Gasteiger partial charge in [-0.3, -0.25) is 0 Å². The molecule has 0 spiro atoms. The lowest BCUT2D eigenvalue weighted by atomic mass is 10.2. The van der Waals surface area contributed by atoms with E-state index in [9.17, 15) is 13.2 Å². The number of carbonyl (C=O) groups is 1. The first-order chi connectivity index (χ1) is 11.9. The Hall–Kier alpha value is -1.02. The maximum absolute atomic E-state index is 12.8. The summed E-state index contributed by atoms with van der Waals surface area (Å²) in [5.41, 5.74) is -0.131. The number of hydrogen-bond acceptors (Lipinski definition) is 4. The standard InChI is InChI=1S/C17H24Cl2N2O4S/c1-12-10-20(16(22)25-17(2,3)4)7-8-21(12)26(23,24)11-13-9-14(18)5-6-15(13)19/h5-6,9,12H,7-8,10-11H2,1-4H3. The fourth-order valence-corrected chi connectivity index (χ4v) is 5.01. The smallest absolute Gasteiger partial charge is 0.410 e. The molecular weight excluding hydrogens is 399 g/mol. The van der Waals surface area contributed by atoms with Crippen LogP contribution in [0.5, 0.6) is 0 Å². The van der Waals surface area contributed by atoms with Gasteiger partial charge in [0.1, 0.15) is 5.60 Å². The van der Waals surface area contributed by atoms with Crippen LogP contribution in [0.15, 0.2) is 18.2 Å². The quantitative estimate of drug-likeness (QED) is 0.743. The van der Waals surface area contributed by atoms with Gasteiger partial charge in [0.25, 0.3) is 0 Å². The van der Waals surface area contributed by atoms with E-state index in [0.29, 0.717) is 15.6 Å². The molecule has 0 aliphatic carbocycles. The molecule has 0 N–H and O–H groups in total. The van der Waals surface area contributed by atoms with Crippen LogP contribution < -0.4 is 0 Å². The van der Waals surface area contributed by atoms with Crippen molar-refractivity contribution in [3.63, 3.8) is 0 Å². The Morgan fingerprint density at radius 2 is 1.92 bits per heavy atom. The number of piperazine rings is 1. The van der Waals surface area contributed by atoms with Gasteiger partial charge in [0, 0.05) is 35.7 Å². The van der Waals surface area contributed by atoms with Crippen molar-refractivity contribution >= 4 is 39.3 Å². The first-order valence-electron chi connectivity index (χ1n) is 8.30. The molecule has 0 radical (unpaired) electrons. The van der Waals surface area contributed by atoms with E-state index in [-0.39, 0.29) is 31.4 Å². The molecule has 1 saturated heterocycles. The van der Waals surface area contributed by atoms with Crippen molar-refractivity contribution in [2.75, 3.05) is 19.6 Å². The van der Waals surface area contributed by atoms with Crippen LogP contribution >= 0.6 is 23.2 Å². The molecule has 1 aliphatic rings. The highest BCUT2D eigenvalue weighted by atomic mass is 35.5. The Morgan fingerprint density at radius 1 is 1.27 bits per heavy atom. The van der Waals surface area contributed by atoms with Gasteiger partial charge in [-0.1, -0.05) is 23.2 Å². The van der Waals surface area contributed by atoms with Crippen LogP contribution in [0.2, 0.25) is 10.0 Å². The fraction of sp³-hybridized carbons (Fsp3) is 0.588. The second-order valence-corrected chi connectivity index (χ2v) is 10.1. The van der Waals surface area contributed by atoms with Crippen molar-refractivity contribution in [2.45, 2.75) is 45.1 Å². The summed E-state index contributed by atoms with van der Waals surface area (Å²) in [4.78, 5) is 13.7. The minimum absolute atomic E-state index is 0.209. The zero-order valence-electron chi connectivity index (χ0n) is 15.3. The molecule has 1 atom stereocenters. The maximum Gasteiger partial charge on any atom is 0.410 e. The van der Waals surface area contributed by atoms with E-state index in [4.69, 9.17) is 27.9 Å². The van der Waals surface area contributed by atoms with E-state index in [0.717, 1.165) is 0 Å². The molecular formula is C17H24Cl2N2O4S. The molecule has 1 aliphatic heterocycles. The molecule has 0 saturated carbocycles. The van der Waals surface area contributed by atoms with Gasteiger partial charge in [0.15, 0.2) is 0 Å². The van der Waals surface area contributed by atoms with E-state index in [2.05, 4.69) is 0 Å². The van der Waals surface area contributed by atoms with E-state index in [1.807, 2.05) is 0 Å². The Balaban J connectivity index is 2.08. The van der Waals surface area contributed by atoms with Crippen LogP contribution in [0, 0.1) is 0 Å². The van der Waals surface area contributed by atoms with Crippen molar-refractivity contribution in [3.8, 4) is 0 Å². The molecule has 2 rings (SSSR count). The van der Waals surface area contributed by atoms with E-state index >= 15 is 0 Å². The van der Waals surface area contributed by atoms with Gasteiger partial charge >= 0.3 is 6.09 Å². The summed E-state index contributed by atoms with van der Waals surface area (Å²) in [5.74, 6) is -0.233. The fourth-order valence-electron chi connectivity index (χ4n) is 2.78. The second kappa shape index (κ2) is 7.92. The lowest BCUT2D eigenvalue weighted by Crippen LogP contribution is -2.56. The minimum Gasteiger partial charge on any atom is -0.444 e.